The van der Waals surface area contributed by atoms with E-state index in [9.17, 15) is 4.79 Å². The third kappa shape index (κ3) is 4.81. The summed E-state index contributed by atoms with van der Waals surface area (Å²) >= 11 is 1.39. The fourth-order valence-electron chi connectivity index (χ4n) is 3.44. The minimum absolute atomic E-state index is 0.121. The average Bonchev–Trinajstić information content (AvgIpc) is 3.23. The number of rotatable bonds is 5. The van der Waals surface area contributed by atoms with Crippen LogP contribution in [0.2, 0.25) is 0 Å². The smallest absolute Gasteiger partial charge is 0.263 e. The van der Waals surface area contributed by atoms with Gasteiger partial charge in [-0.05, 0) is 25.5 Å². The van der Waals surface area contributed by atoms with Crippen LogP contribution in [0.25, 0.3) is 10.6 Å². The van der Waals surface area contributed by atoms with Crippen molar-refractivity contribution >= 4 is 23.1 Å². The predicted octanol–water partition coefficient (Wildman–Crippen LogP) is 3.75. The van der Waals surface area contributed by atoms with Gasteiger partial charge >= 0.3 is 0 Å². The van der Waals surface area contributed by atoms with Crippen LogP contribution >= 0.6 is 11.3 Å². The molecule has 1 saturated heterocycles. The van der Waals surface area contributed by atoms with Crippen LogP contribution in [0.5, 0.6) is 0 Å². The molecule has 1 N–H and O–H groups in total. The molecule has 2 atom stereocenters. The monoisotopic (exact) mass is 408 g/mol. The number of anilines is 1. The molecule has 3 heterocycles. The number of nitrogens with zero attached hydrogens (tertiary/aromatic N) is 3. The van der Waals surface area contributed by atoms with Gasteiger partial charge in [0.1, 0.15) is 15.7 Å². The van der Waals surface area contributed by atoms with Gasteiger partial charge in [0, 0.05) is 31.4 Å². The summed E-state index contributed by atoms with van der Waals surface area (Å²) in [4.78, 5) is 24.2. The Hall–Kier alpha value is -2.77. The van der Waals surface area contributed by atoms with Gasteiger partial charge in [0.15, 0.2) is 0 Å². The minimum atomic E-state index is -0.121. The molecule has 0 radical (unpaired) electrons. The van der Waals surface area contributed by atoms with E-state index in [0.29, 0.717) is 11.4 Å². The SMILES string of the molecule is CC1CN(c2ccc(CNC(=O)c3cnc(-c4ccccc4)s3)cn2)CC(C)O1. The second-order valence-electron chi connectivity index (χ2n) is 7.27. The summed E-state index contributed by atoms with van der Waals surface area (Å²) in [6.45, 7) is 6.26. The molecule has 1 aliphatic heterocycles. The van der Waals surface area contributed by atoms with Crippen LogP contribution in [0.4, 0.5) is 5.82 Å². The van der Waals surface area contributed by atoms with E-state index >= 15 is 0 Å². The largest absolute Gasteiger partial charge is 0.372 e. The molecule has 4 rings (SSSR count). The summed E-state index contributed by atoms with van der Waals surface area (Å²) in [5.41, 5.74) is 1.98. The maximum Gasteiger partial charge on any atom is 0.263 e. The van der Waals surface area contributed by atoms with E-state index in [1.807, 2.05) is 48.7 Å². The van der Waals surface area contributed by atoms with Crippen LogP contribution in [0, 0.1) is 0 Å². The number of amides is 1. The predicted molar refractivity (Wildman–Crippen MR) is 115 cm³/mol. The quantitative estimate of drug-likeness (QED) is 0.696. The first-order valence-corrected chi connectivity index (χ1v) is 10.5. The number of carbonyl (C=O) groups is 1. The van der Waals surface area contributed by atoms with E-state index < -0.39 is 0 Å². The van der Waals surface area contributed by atoms with Gasteiger partial charge < -0.3 is 15.0 Å². The van der Waals surface area contributed by atoms with Crippen molar-refractivity contribution in [2.75, 3.05) is 18.0 Å². The number of hydrogen-bond acceptors (Lipinski definition) is 6. The van der Waals surface area contributed by atoms with Crippen molar-refractivity contribution in [3.05, 3.63) is 65.3 Å². The highest BCUT2D eigenvalue weighted by molar-refractivity contribution is 7.16. The summed E-state index contributed by atoms with van der Waals surface area (Å²) in [6.07, 6.45) is 3.84. The lowest BCUT2D eigenvalue weighted by Gasteiger charge is -2.36. The Balaban J connectivity index is 1.34. The number of benzene rings is 1. The van der Waals surface area contributed by atoms with Crippen LogP contribution in [-0.2, 0) is 11.3 Å². The summed E-state index contributed by atoms with van der Waals surface area (Å²) in [6, 6.07) is 13.9. The zero-order valence-corrected chi connectivity index (χ0v) is 17.4. The second kappa shape index (κ2) is 8.71. The number of carbonyl (C=O) groups excluding carboxylic acids is 1. The molecule has 3 aromatic rings. The Morgan fingerprint density at radius 1 is 1.10 bits per heavy atom. The van der Waals surface area contributed by atoms with E-state index in [1.165, 1.54) is 11.3 Å². The number of thiazole rings is 1. The van der Waals surface area contributed by atoms with E-state index in [0.717, 1.165) is 35.0 Å². The van der Waals surface area contributed by atoms with E-state index in [4.69, 9.17) is 4.74 Å². The highest BCUT2D eigenvalue weighted by Crippen LogP contribution is 2.25. The number of ether oxygens (including phenoxy) is 1. The van der Waals surface area contributed by atoms with E-state index in [-0.39, 0.29) is 18.1 Å². The molecule has 150 valence electrons. The first-order chi connectivity index (χ1) is 14.1. The third-order valence-corrected chi connectivity index (χ3v) is 5.80. The van der Waals surface area contributed by atoms with Gasteiger partial charge in [-0.1, -0.05) is 36.4 Å². The molecule has 0 bridgehead atoms. The van der Waals surface area contributed by atoms with Crippen LogP contribution in [-0.4, -0.2) is 41.2 Å². The van der Waals surface area contributed by atoms with E-state index in [1.54, 1.807) is 6.20 Å². The first kappa shape index (κ1) is 19.5. The fraction of sp³-hybridized carbons (Fsp3) is 0.318. The van der Waals surface area contributed by atoms with Crippen LogP contribution in [0.1, 0.15) is 29.1 Å². The lowest BCUT2D eigenvalue weighted by atomic mass is 10.2. The molecule has 1 aliphatic rings. The Morgan fingerprint density at radius 2 is 1.86 bits per heavy atom. The molecule has 2 aromatic heterocycles. The molecule has 1 aromatic carbocycles. The number of pyridine rings is 1. The molecule has 0 spiro atoms. The van der Waals surface area contributed by atoms with Crippen molar-refractivity contribution < 1.29 is 9.53 Å². The van der Waals surface area contributed by atoms with Gasteiger partial charge in [0.25, 0.3) is 5.91 Å². The van der Waals surface area contributed by atoms with Crippen molar-refractivity contribution in [1.82, 2.24) is 15.3 Å². The zero-order valence-electron chi connectivity index (χ0n) is 16.5. The first-order valence-electron chi connectivity index (χ1n) is 9.73. The van der Waals surface area contributed by atoms with Crippen molar-refractivity contribution in [3.8, 4) is 10.6 Å². The normalized spacial score (nSPS) is 19.2. The maximum absolute atomic E-state index is 12.5. The van der Waals surface area contributed by atoms with Gasteiger partial charge in [-0.2, -0.15) is 0 Å². The molecule has 7 heteroatoms. The Labute approximate surface area is 174 Å². The van der Waals surface area contributed by atoms with Gasteiger partial charge in [0.2, 0.25) is 0 Å². The van der Waals surface area contributed by atoms with Crippen molar-refractivity contribution in [1.29, 1.82) is 0 Å². The Morgan fingerprint density at radius 3 is 2.55 bits per heavy atom. The minimum Gasteiger partial charge on any atom is -0.372 e. The van der Waals surface area contributed by atoms with Crippen molar-refractivity contribution in [2.45, 2.75) is 32.6 Å². The van der Waals surface area contributed by atoms with Crippen molar-refractivity contribution in [3.63, 3.8) is 0 Å². The molecular formula is C22H24N4O2S. The molecule has 2 unspecified atom stereocenters. The topological polar surface area (TPSA) is 67.4 Å². The van der Waals surface area contributed by atoms with Gasteiger partial charge in [-0.25, -0.2) is 9.97 Å². The molecule has 6 nitrogen and oxygen atoms in total. The number of morpholine rings is 1. The number of aromatic nitrogens is 2. The van der Waals surface area contributed by atoms with Crippen LogP contribution in [0.3, 0.4) is 0 Å². The lowest BCUT2D eigenvalue weighted by molar-refractivity contribution is -0.00546. The molecule has 1 fully saturated rings. The number of hydrogen-bond donors (Lipinski definition) is 1. The fourth-order valence-corrected chi connectivity index (χ4v) is 4.27. The summed E-state index contributed by atoms with van der Waals surface area (Å²) in [7, 11) is 0. The Bertz CT molecular complexity index is 948. The lowest BCUT2D eigenvalue weighted by Crippen LogP contribution is -2.45. The highest BCUT2D eigenvalue weighted by Gasteiger charge is 2.23. The number of nitrogens with one attached hydrogen (secondary N) is 1. The Kier molecular flexibility index (Phi) is 5.87. The zero-order chi connectivity index (χ0) is 20.2. The van der Waals surface area contributed by atoms with E-state index in [2.05, 4.69) is 34.0 Å². The molecule has 1 amide bonds. The third-order valence-electron chi connectivity index (χ3n) is 4.76. The molecule has 29 heavy (non-hydrogen) atoms. The van der Waals surface area contributed by atoms with Crippen LogP contribution < -0.4 is 10.2 Å². The van der Waals surface area contributed by atoms with Crippen molar-refractivity contribution in [2.24, 2.45) is 0 Å². The molecule has 0 aliphatic carbocycles. The van der Waals surface area contributed by atoms with Crippen LogP contribution in [0.15, 0.2) is 54.9 Å². The second-order valence-corrected chi connectivity index (χ2v) is 8.30. The van der Waals surface area contributed by atoms with Gasteiger partial charge in [-0.3, -0.25) is 4.79 Å². The standard InChI is InChI=1S/C22H24N4O2S/c1-15-13-26(14-16(2)28-15)20-9-8-17(10-23-20)11-24-21(27)19-12-25-22(29-19)18-6-4-3-5-7-18/h3-10,12,15-16H,11,13-14H2,1-2H3,(H,24,27). The maximum atomic E-state index is 12.5. The molecule has 0 saturated carbocycles. The average molecular weight is 409 g/mol. The highest BCUT2D eigenvalue weighted by atomic mass is 32.1. The summed E-state index contributed by atoms with van der Waals surface area (Å²) in [5.74, 6) is 0.821. The molecular weight excluding hydrogens is 384 g/mol. The summed E-state index contributed by atoms with van der Waals surface area (Å²) in [5, 5.41) is 3.79. The summed E-state index contributed by atoms with van der Waals surface area (Å²) < 4.78 is 5.78. The van der Waals surface area contributed by atoms with Gasteiger partial charge in [0.05, 0.1) is 18.4 Å². The van der Waals surface area contributed by atoms with Gasteiger partial charge in [-0.15, -0.1) is 11.3 Å².